The molecule has 2 aliphatic heterocycles. The third-order valence-corrected chi connectivity index (χ3v) is 5.15. The van der Waals surface area contributed by atoms with Crippen molar-refractivity contribution in [1.29, 1.82) is 0 Å². The van der Waals surface area contributed by atoms with Crippen molar-refractivity contribution in [1.82, 2.24) is 5.01 Å². The number of hydrogen-bond donors (Lipinski definition) is 1. The largest absolute Gasteiger partial charge is 0.330 e. The first-order valence-corrected chi connectivity index (χ1v) is 7.48. The van der Waals surface area contributed by atoms with Gasteiger partial charge >= 0.3 is 0 Å². The fourth-order valence-electron chi connectivity index (χ4n) is 2.37. The van der Waals surface area contributed by atoms with Crippen LogP contribution in [0.15, 0.2) is 5.10 Å². The van der Waals surface area contributed by atoms with Gasteiger partial charge < -0.3 is 5.73 Å². The quantitative estimate of drug-likeness (QED) is 0.739. The average molecular weight is 259 g/mol. The van der Waals surface area contributed by atoms with E-state index in [-0.39, 0.29) is 23.8 Å². The molecule has 1 amide bonds. The molecule has 1 fully saturated rings. The van der Waals surface area contributed by atoms with Crippen LogP contribution in [-0.4, -0.2) is 48.6 Å². The van der Waals surface area contributed by atoms with Crippen molar-refractivity contribution in [3.05, 3.63) is 0 Å². The van der Waals surface area contributed by atoms with Gasteiger partial charge in [0.05, 0.1) is 23.5 Å². The molecular formula is C10H17N3O3S. The molecule has 0 saturated carbocycles. The average Bonchev–Trinajstić information content (AvgIpc) is 2.69. The number of hydrazone groups is 1. The molecule has 1 saturated heterocycles. The number of amides is 1. The van der Waals surface area contributed by atoms with Crippen LogP contribution >= 0.6 is 0 Å². The summed E-state index contributed by atoms with van der Waals surface area (Å²) in [6.07, 6.45) is 1.32. The Kier molecular flexibility index (Phi) is 2.99. The third kappa shape index (κ3) is 2.35. The molecule has 2 N–H and O–H groups in total. The lowest BCUT2D eigenvalue weighted by Gasteiger charge is -2.30. The molecule has 0 aliphatic carbocycles. The van der Waals surface area contributed by atoms with E-state index in [1.807, 2.05) is 0 Å². The Morgan fingerprint density at radius 2 is 2.24 bits per heavy atom. The van der Waals surface area contributed by atoms with Gasteiger partial charge in [0.15, 0.2) is 9.84 Å². The van der Waals surface area contributed by atoms with E-state index < -0.39 is 15.4 Å². The summed E-state index contributed by atoms with van der Waals surface area (Å²) < 4.78 is 23.0. The van der Waals surface area contributed by atoms with Crippen LogP contribution in [-0.2, 0) is 14.6 Å². The maximum Gasteiger partial charge on any atom is 0.248 e. The molecule has 1 atom stereocenters. The standard InChI is InChI=1S/C10H17N3O3S/c1-10(3-5-17(15,16)7-10)13-9(14)6-8(12-13)2-4-11/h2-7,11H2,1H3. The molecule has 0 aromatic heterocycles. The predicted molar refractivity (Wildman–Crippen MR) is 64.2 cm³/mol. The number of carbonyl (C=O) groups excluding carboxylic acids is 1. The van der Waals surface area contributed by atoms with Crippen LogP contribution < -0.4 is 5.73 Å². The molecular weight excluding hydrogens is 242 g/mol. The first-order valence-electron chi connectivity index (χ1n) is 5.66. The molecule has 17 heavy (non-hydrogen) atoms. The van der Waals surface area contributed by atoms with E-state index in [9.17, 15) is 13.2 Å². The minimum Gasteiger partial charge on any atom is -0.330 e. The Morgan fingerprint density at radius 1 is 1.53 bits per heavy atom. The summed E-state index contributed by atoms with van der Waals surface area (Å²) in [4.78, 5) is 11.8. The number of carbonyl (C=O) groups is 1. The summed E-state index contributed by atoms with van der Waals surface area (Å²) in [5.74, 6) is 0.0215. The van der Waals surface area contributed by atoms with Gasteiger partial charge in [0.25, 0.3) is 0 Å². The van der Waals surface area contributed by atoms with Gasteiger partial charge in [-0.3, -0.25) is 4.79 Å². The number of nitrogens with two attached hydrogens (primary N) is 1. The Bertz CT molecular complexity index is 471. The highest BCUT2D eigenvalue weighted by molar-refractivity contribution is 7.91. The SMILES string of the molecule is CC1(N2N=C(CCN)CC2=O)CCS(=O)(=O)C1. The van der Waals surface area contributed by atoms with Gasteiger partial charge in [0.1, 0.15) is 0 Å². The Morgan fingerprint density at radius 3 is 2.76 bits per heavy atom. The number of sulfone groups is 1. The molecule has 6 nitrogen and oxygen atoms in total. The second-order valence-electron chi connectivity index (χ2n) is 4.93. The normalized spacial score (nSPS) is 32.0. The Hall–Kier alpha value is -0.950. The van der Waals surface area contributed by atoms with Crippen LogP contribution in [0.4, 0.5) is 0 Å². The summed E-state index contributed by atoms with van der Waals surface area (Å²) in [5.41, 5.74) is 5.50. The number of hydrogen-bond acceptors (Lipinski definition) is 5. The van der Waals surface area contributed by atoms with Crippen LogP contribution in [0.3, 0.4) is 0 Å². The molecule has 1 unspecified atom stereocenters. The molecule has 7 heteroatoms. The first kappa shape index (κ1) is 12.5. The van der Waals surface area contributed by atoms with Crippen molar-refractivity contribution in [3.8, 4) is 0 Å². The lowest BCUT2D eigenvalue weighted by atomic mass is 10.0. The zero-order valence-electron chi connectivity index (χ0n) is 9.85. The summed E-state index contributed by atoms with van der Waals surface area (Å²) in [6, 6.07) is 0. The van der Waals surface area contributed by atoms with E-state index in [4.69, 9.17) is 5.73 Å². The summed E-state index contributed by atoms with van der Waals surface area (Å²) >= 11 is 0. The van der Waals surface area contributed by atoms with Crippen LogP contribution in [0.1, 0.15) is 26.2 Å². The summed E-state index contributed by atoms with van der Waals surface area (Å²) in [5, 5.41) is 5.60. The molecule has 0 spiro atoms. The van der Waals surface area contributed by atoms with Crippen LogP contribution in [0.5, 0.6) is 0 Å². The summed E-state index contributed by atoms with van der Waals surface area (Å²) in [6.45, 7) is 2.24. The van der Waals surface area contributed by atoms with Gasteiger partial charge in [0, 0.05) is 12.1 Å². The smallest absolute Gasteiger partial charge is 0.248 e. The minimum absolute atomic E-state index is 0.00510. The fraction of sp³-hybridized carbons (Fsp3) is 0.800. The van der Waals surface area contributed by atoms with Gasteiger partial charge in [-0.15, -0.1) is 0 Å². The van der Waals surface area contributed by atoms with E-state index in [1.165, 1.54) is 5.01 Å². The zero-order valence-corrected chi connectivity index (χ0v) is 10.7. The van der Waals surface area contributed by atoms with E-state index in [2.05, 4.69) is 5.10 Å². The van der Waals surface area contributed by atoms with E-state index in [1.54, 1.807) is 6.92 Å². The van der Waals surface area contributed by atoms with E-state index in [0.29, 0.717) is 19.4 Å². The van der Waals surface area contributed by atoms with Crippen molar-refractivity contribution >= 4 is 21.5 Å². The van der Waals surface area contributed by atoms with Crippen molar-refractivity contribution in [3.63, 3.8) is 0 Å². The van der Waals surface area contributed by atoms with Crippen LogP contribution in [0.25, 0.3) is 0 Å². The van der Waals surface area contributed by atoms with Crippen LogP contribution in [0, 0.1) is 0 Å². The molecule has 0 aromatic carbocycles. The second-order valence-corrected chi connectivity index (χ2v) is 7.11. The minimum atomic E-state index is -3.03. The molecule has 0 bridgehead atoms. The monoisotopic (exact) mass is 259 g/mol. The topological polar surface area (TPSA) is 92.8 Å². The number of rotatable bonds is 3. The molecule has 0 aromatic rings. The Labute approximate surface area is 101 Å². The van der Waals surface area contributed by atoms with Crippen molar-refractivity contribution in [2.75, 3.05) is 18.1 Å². The van der Waals surface area contributed by atoms with Crippen molar-refractivity contribution in [2.45, 2.75) is 31.7 Å². The lowest BCUT2D eigenvalue weighted by molar-refractivity contribution is -0.133. The van der Waals surface area contributed by atoms with Crippen molar-refractivity contribution in [2.24, 2.45) is 10.8 Å². The highest BCUT2D eigenvalue weighted by atomic mass is 32.2. The number of nitrogens with zero attached hydrogens (tertiary/aromatic N) is 2. The molecule has 2 heterocycles. The second kappa shape index (κ2) is 4.06. The van der Waals surface area contributed by atoms with Gasteiger partial charge in [-0.2, -0.15) is 5.10 Å². The predicted octanol–water partition coefficient (Wildman–Crippen LogP) is -0.499. The van der Waals surface area contributed by atoms with E-state index >= 15 is 0 Å². The van der Waals surface area contributed by atoms with Gasteiger partial charge in [0.2, 0.25) is 5.91 Å². The zero-order chi connectivity index (χ0) is 12.7. The van der Waals surface area contributed by atoms with Crippen LogP contribution in [0.2, 0.25) is 0 Å². The van der Waals surface area contributed by atoms with Gasteiger partial charge in [-0.25, -0.2) is 13.4 Å². The van der Waals surface area contributed by atoms with Gasteiger partial charge in [-0.1, -0.05) is 0 Å². The van der Waals surface area contributed by atoms with Crippen molar-refractivity contribution < 1.29 is 13.2 Å². The maximum atomic E-state index is 11.8. The third-order valence-electron chi connectivity index (χ3n) is 3.26. The molecule has 0 radical (unpaired) electrons. The maximum absolute atomic E-state index is 11.8. The fourth-order valence-corrected chi connectivity index (χ4v) is 4.48. The highest BCUT2D eigenvalue weighted by Gasteiger charge is 2.47. The Balaban J connectivity index is 2.21. The first-order chi connectivity index (χ1) is 7.86. The molecule has 2 aliphatic rings. The van der Waals surface area contributed by atoms with Gasteiger partial charge in [-0.05, 0) is 19.9 Å². The lowest BCUT2D eigenvalue weighted by Crippen LogP contribution is -2.45. The van der Waals surface area contributed by atoms with E-state index in [0.717, 1.165) is 5.71 Å². The highest BCUT2D eigenvalue weighted by Crippen LogP contribution is 2.32. The molecule has 2 rings (SSSR count). The summed E-state index contributed by atoms with van der Waals surface area (Å²) in [7, 11) is -3.03. The molecule has 96 valence electrons.